The van der Waals surface area contributed by atoms with Gasteiger partial charge in [0.05, 0.1) is 10.0 Å². The van der Waals surface area contributed by atoms with Crippen LogP contribution in [0.5, 0.6) is 5.75 Å². The fourth-order valence-electron chi connectivity index (χ4n) is 1.59. The summed E-state index contributed by atoms with van der Waals surface area (Å²) >= 11 is 12.8. The summed E-state index contributed by atoms with van der Waals surface area (Å²) in [5, 5.41) is 15.4. The summed E-state index contributed by atoms with van der Waals surface area (Å²) in [7, 11) is 0. The predicted octanol–water partition coefficient (Wildman–Crippen LogP) is 2.27. The minimum atomic E-state index is -0.676. The molecule has 1 heterocycles. The highest BCUT2D eigenvalue weighted by Gasteiger charge is 2.07. The van der Waals surface area contributed by atoms with Gasteiger partial charge in [0.1, 0.15) is 18.5 Å². The third kappa shape index (κ3) is 5.33. The van der Waals surface area contributed by atoms with Crippen molar-refractivity contribution in [3.63, 3.8) is 0 Å². The summed E-state index contributed by atoms with van der Waals surface area (Å²) in [5.41, 5.74) is 0.794. The Kier molecular flexibility index (Phi) is 6.08. The maximum atomic E-state index is 10.9. The summed E-state index contributed by atoms with van der Waals surface area (Å²) in [4.78, 5) is 13.5. The van der Waals surface area contributed by atoms with E-state index >= 15 is 0 Å². The largest absolute Gasteiger partial charge is 0.491 e. The first kappa shape index (κ1) is 16.3. The van der Waals surface area contributed by atoms with Crippen molar-refractivity contribution < 1.29 is 9.84 Å². The van der Waals surface area contributed by atoms with Crippen molar-refractivity contribution in [3.8, 4) is 5.75 Å². The average Bonchev–Trinajstić information content (AvgIpc) is 2.86. The molecule has 0 saturated carbocycles. The number of rotatable bonds is 7. The minimum absolute atomic E-state index is 0.0877. The van der Waals surface area contributed by atoms with Crippen LogP contribution < -0.4 is 14.9 Å². The molecule has 0 aliphatic rings. The summed E-state index contributed by atoms with van der Waals surface area (Å²) in [6.07, 6.45) is -0.676. The van der Waals surface area contributed by atoms with E-state index in [1.54, 1.807) is 23.6 Å². The van der Waals surface area contributed by atoms with Crippen molar-refractivity contribution in [3.05, 3.63) is 49.0 Å². The van der Waals surface area contributed by atoms with Crippen molar-refractivity contribution in [1.82, 2.24) is 10.3 Å². The molecule has 1 unspecified atom stereocenters. The molecule has 1 atom stereocenters. The van der Waals surface area contributed by atoms with Crippen molar-refractivity contribution in [2.75, 3.05) is 13.2 Å². The molecule has 0 aliphatic heterocycles. The van der Waals surface area contributed by atoms with Crippen LogP contribution in [0.4, 0.5) is 0 Å². The van der Waals surface area contributed by atoms with Crippen LogP contribution in [0.3, 0.4) is 0 Å². The number of thiazole rings is 1. The molecule has 0 saturated heterocycles. The van der Waals surface area contributed by atoms with E-state index in [4.69, 9.17) is 27.9 Å². The van der Waals surface area contributed by atoms with Crippen LogP contribution in [0.15, 0.2) is 28.4 Å². The first-order valence-electron chi connectivity index (χ1n) is 6.18. The van der Waals surface area contributed by atoms with Gasteiger partial charge in [0.15, 0.2) is 0 Å². The van der Waals surface area contributed by atoms with E-state index in [0.717, 1.165) is 17.0 Å². The quantitative estimate of drug-likeness (QED) is 0.717. The molecule has 8 heteroatoms. The Morgan fingerprint density at radius 1 is 1.38 bits per heavy atom. The van der Waals surface area contributed by atoms with Gasteiger partial charge >= 0.3 is 4.87 Å². The zero-order valence-corrected chi connectivity index (χ0v) is 13.3. The molecular formula is C13H14Cl2N2O3S. The molecule has 1 aromatic carbocycles. The molecule has 0 bridgehead atoms. The molecule has 0 radical (unpaired) electrons. The second kappa shape index (κ2) is 7.82. The average molecular weight is 349 g/mol. The Bertz CT molecular complexity index is 644. The molecule has 2 rings (SSSR count). The van der Waals surface area contributed by atoms with Crippen molar-refractivity contribution >= 4 is 34.5 Å². The maximum absolute atomic E-state index is 10.9. The molecule has 5 nitrogen and oxygen atoms in total. The number of aliphatic hydroxyl groups is 1. The van der Waals surface area contributed by atoms with Gasteiger partial charge in [-0.15, -0.1) is 0 Å². The number of aliphatic hydroxyl groups excluding tert-OH is 1. The van der Waals surface area contributed by atoms with E-state index in [1.807, 2.05) is 0 Å². The Morgan fingerprint density at radius 2 is 2.19 bits per heavy atom. The lowest BCUT2D eigenvalue weighted by Crippen LogP contribution is -2.31. The van der Waals surface area contributed by atoms with E-state index in [9.17, 15) is 9.90 Å². The molecule has 0 amide bonds. The number of ether oxygens (including phenoxy) is 1. The normalized spacial score (nSPS) is 12.3. The van der Waals surface area contributed by atoms with E-state index in [2.05, 4.69) is 10.3 Å². The van der Waals surface area contributed by atoms with Crippen LogP contribution in [0, 0.1) is 0 Å². The number of halogens is 2. The van der Waals surface area contributed by atoms with E-state index in [1.165, 1.54) is 0 Å². The third-order valence-corrected chi connectivity index (χ3v) is 4.06. The second-order valence-electron chi connectivity index (χ2n) is 4.35. The summed E-state index contributed by atoms with van der Waals surface area (Å²) < 4.78 is 5.42. The van der Waals surface area contributed by atoms with Gasteiger partial charge < -0.3 is 20.1 Å². The van der Waals surface area contributed by atoms with Crippen molar-refractivity contribution in [2.45, 2.75) is 12.6 Å². The van der Waals surface area contributed by atoms with Gasteiger partial charge in [-0.25, -0.2) is 0 Å². The molecule has 0 aliphatic carbocycles. The smallest absolute Gasteiger partial charge is 0.304 e. The van der Waals surface area contributed by atoms with Crippen molar-refractivity contribution in [2.24, 2.45) is 0 Å². The Balaban J connectivity index is 1.70. The van der Waals surface area contributed by atoms with Gasteiger partial charge in [-0.05, 0) is 12.1 Å². The van der Waals surface area contributed by atoms with Crippen LogP contribution in [0.2, 0.25) is 10.0 Å². The van der Waals surface area contributed by atoms with Gasteiger partial charge in [0, 0.05) is 30.2 Å². The molecule has 114 valence electrons. The van der Waals surface area contributed by atoms with Gasteiger partial charge in [0.25, 0.3) is 0 Å². The first-order chi connectivity index (χ1) is 10.0. The lowest BCUT2D eigenvalue weighted by Gasteiger charge is -2.13. The van der Waals surface area contributed by atoms with Crippen LogP contribution >= 0.6 is 34.5 Å². The highest BCUT2D eigenvalue weighted by molar-refractivity contribution is 7.07. The number of hydrogen-bond donors (Lipinski definition) is 3. The number of H-pyrrole nitrogens is 1. The number of aromatic nitrogens is 1. The summed E-state index contributed by atoms with van der Waals surface area (Å²) in [6.45, 7) is 0.965. The van der Waals surface area contributed by atoms with Crippen LogP contribution in [-0.4, -0.2) is 29.3 Å². The molecule has 1 aromatic heterocycles. The lowest BCUT2D eigenvalue weighted by atomic mass is 10.3. The topological polar surface area (TPSA) is 74.4 Å². The first-order valence-corrected chi connectivity index (χ1v) is 7.81. The SMILES string of the molecule is O=c1[nH]c(CNCC(O)COc2ccc(Cl)c(Cl)c2)cs1. The summed E-state index contributed by atoms with van der Waals surface area (Å²) in [6, 6.07) is 4.92. The molecular weight excluding hydrogens is 335 g/mol. The van der Waals surface area contributed by atoms with Gasteiger partial charge in [-0.3, -0.25) is 4.79 Å². The third-order valence-electron chi connectivity index (χ3n) is 2.60. The van der Waals surface area contributed by atoms with Gasteiger partial charge in [-0.1, -0.05) is 34.5 Å². The van der Waals surface area contributed by atoms with E-state index in [0.29, 0.717) is 28.9 Å². The van der Waals surface area contributed by atoms with E-state index < -0.39 is 6.10 Å². The fraction of sp³-hybridized carbons (Fsp3) is 0.308. The number of nitrogens with one attached hydrogen (secondary N) is 2. The van der Waals surface area contributed by atoms with Crippen molar-refractivity contribution in [1.29, 1.82) is 0 Å². The second-order valence-corrected chi connectivity index (χ2v) is 6.00. The van der Waals surface area contributed by atoms with E-state index in [-0.39, 0.29) is 11.5 Å². The highest BCUT2D eigenvalue weighted by Crippen LogP contribution is 2.26. The monoisotopic (exact) mass is 348 g/mol. The predicted molar refractivity (Wildman–Crippen MR) is 84.6 cm³/mol. The molecule has 0 spiro atoms. The standard InChI is InChI=1S/C13H14Cl2N2O3S/c14-11-2-1-10(3-12(11)15)20-6-9(18)5-16-4-8-7-21-13(19)17-8/h1-3,7,9,16,18H,4-6H2,(H,17,19). The van der Waals surface area contributed by atoms with Crippen LogP contribution in [0.1, 0.15) is 5.69 Å². The Hall–Kier alpha value is -1.05. The maximum Gasteiger partial charge on any atom is 0.304 e. The fourth-order valence-corrected chi connectivity index (χ4v) is 2.46. The Labute approximate surface area is 135 Å². The zero-order valence-electron chi connectivity index (χ0n) is 10.9. The Morgan fingerprint density at radius 3 is 2.86 bits per heavy atom. The zero-order chi connectivity index (χ0) is 15.2. The number of hydrogen-bond acceptors (Lipinski definition) is 5. The van der Waals surface area contributed by atoms with Gasteiger partial charge in [-0.2, -0.15) is 0 Å². The van der Waals surface area contributed by atoms with Crippen LogP contribution in [-0.2, 0) is 6.54 Å². The van der Waals surface area contributed by atoms with Crippen LogP contribution in [0.25, 0.3) is 0 Å². The molecule has 0 fully saturated rings. The summed E-state index contributed by atoms with van der Waals surface area (Å²) in [5.74, 6) is 0.547. The van der Waals surface area contributed by atoms with Gasteiger partial charge in [0.2, 0.25) is 0 Å². The molecule has 3 N–H and O–H groups in total. The minimum Gasteiger partial charge on any atom is -0.491 e. The lowest BCUT2D eigenvalue weighted by molar-refractivity contribution is 0.106. The number of benzene rings is 1. The highest BCUT2D eigenvalue weighted by atomic mass is 35.5. The number of aromatic amines is 1. The molecule has 21 heavy (non-hydrogen) atoms. The molecule has 2 aromatic rings.